The van der Waals surface area contributed by atoms with Crippen LogP contribution in [0.25, 0.3) is 5.95 Å². The molecule has 13 nitrogen and oxygen atoms in total. The summed E-state index contributed by atoms with van der Waals surface area (Å²) < 4.78 is 12.2. The number of nitrogens with two attached hydrogens (primary N) is 1. The lowest BCUT2D eigenvalue weighted by Crippen LogP contribution is -2.18. The van der Waals surface area contributed by atoms with E-state index in [1.165, 1.54) is 26.6 Å². The fourth-order valence-corrected chi connectivity index (χ4v) is 3.95. The first-order chi connectivity index (χ1) is 19.2. The number of rotatable bonds is 9. The third kappa shape index (κ3) is 7.07. The van der Waals surface area contributed by atoms with Crippen LogP contribution in [-0.2, 0) is 17.6 Å². The van der Waals surface area contributed by atoms with Crippen LogP contribution in [-0.4, -0.2) is 55.9 Å². The normalized spacial score (nSPS) is 10.9. The van der Waals surface area contributed by atoms with Crippen molar-refractivity contribution in [3.63, 3.8) is 0 Å². The molecule has 4 aromatic rings. The quantitative estimate of drug-likeness (QED) is 0.178. The van der Waals surface area contributed by atoms with Crippen molar-refractivity contribution in [2.45, 2.75) is 25.7 Å². The number of aromatic nitrogens is 5. The molecule has 4 rings (SSSR count). The Hall–Kier alpha value is -5.51. The third-order valence-electron chi connectivity index (χ3n) is 5.66. The van der Waals surface area contributed by atoms with Gasteiger partial charge in [-0.05, 0) is 29.7 Å². The van der Waals surface area contributed by atoms with Gasteiger partial charge in [0.25, 0.3) is 11.9 Å². The summed E-state index contributed by atoms with van der Waals surface area (Å²) in [4.78, 5) is 32.9. The van der Waals surface area contributed by atoms with Crippen molar-refractivity contribution in [1.29, 1.82) is 10.7 Å². The van der Waals surface area contributed by atoms with E-state index in [-0.39, 0.29) is 18.2 Å². The molecule has 0 aliphatic carbocycles. The first-order valence-corrected chi connectivity index (χ1v) is 11.9. The number of H-pyrrole nitrogens is 1. The number of carboxylic acid groups (broad SMARTS) is 1. The van der Waals surface area contributed by atoms with E-state index in [0.29, 0.717) is 34.9 Å². The highest BCUT2D eigenvalue weighted by Crippen LogP contribution is 2.37. The molecule has 1 unspecified atom stereocenters. The van der Waals surface area contributed by atoms with Gasteiger partial charge in [0.1, 0.15) is 11.7 Å². The minimum atomic E-state index is -0.833. The molecule has 13 heteroatoms. The maximum absolute atomic E-state index is 12.8. The predicted molar refractivity (Wildman–Crippen MR) is 145 cm³/mol. The largest absolute Gasteiger partial charge is 0.493 e. The van der Waals surface area contributed by atoms with Gasteiger partial charge in [0.05, 0.1) is 26.7 Å². The second kappa shape index (κ2) is 13.3. The Morgan fingerprint density at radius 2 is 1.85 bits per heavy atom. The molecular formula is C27H28N8O5. The van der Waals surface area contributed by atoms with Gasteiger partial charge in [0.2, 0.25) is 0 Å². The zero-order valence-electron chi connectivity index (χ0n) is 22.1. The molecule has 40 heavy (non-hydrogen) atoms. The van der Waals surface area contributed by atoms with Gasteiger partial charge in [-0.1, -0.05) is 30.3 Å². The highest BCUT2D eigenvalue weighted by Gasteiger charge is 2.24. The van der Waals surface area contributed by atoms with E-state index in [0.717, 1.165) is 22.7 Å². The van der Waals surface area contributed by atoms with Crippen molar-refractivity contribution < 1.29 is 19.4 Å². The number of methoxy groups -OCH3 is 2. The molecule has 5 N–H and O–H groups in total. The Labute approximate surface area is 229 Å². The fraction of sp³-hybridized carbons (Fsp3) is 0.222. The number of hydrogen-bond donors (Lipinski definition) is 4. The Bertz CT molecular complexity index is 1570. The average molecular weight is 545 g/mol. The zero-order chi connectivity index (χ0) is 29.2. The number of nitrogens with zero attached hydrogens (tertiary/aromatic N) is 5. The van der Waals surface area contributed by atoms with E-state index < -0.39 is 17.6 Å². The van der Waals surface area contributed by atoms with Gasteiger partial charge in [-0.15, -0.1) is 9.78 Å². The van der Waals surface area contributed by atoms with Gasteiger partial charge in [-0.25, -0.2) is 14.8 Å². The van der Waals surface area contributed by atoms with E-state index in [9.17, 15) is 10.1 Å². The minimum absolute atomic E-state index is 0.0231. The van der Waals surface area contributed by atoms with Gasteiger partial charge >= 0.3 is 5.69 Å². The van der Waals surface area contributed by atoms with Crippen LogP contribution in [0.15, 0.2) is 59.7 Å². The molecule has 2 aromatic heterocycles. The fourth-order valence-electron chi connectivity index (χ4n) is 3.95. The maximum atomic E-state index is 12.8. The molecule has 0 fully saturated rings. The Kier molecular flexibility index (Phi) is 9.68. The molecule has 0 radical (unpaired) electrons. The number of hydrogen-bond acceptors (Lipinski definition) is 9. The zero-order valence-corrected chi connectivity index (χ0v) is 22.1. The molecule has 2 heterocycles. The van der Waals surface area contributed by atoms with Crippen LogP contribution in [0.3, 0.4) is 0 Å². The summed E-state index contributed by atoms with van der Waals surface area (Å²) in [5.74, 6) is 0.188. The molecule has 0 saturated heterocycles. The molecule has 2 aromatic carbocycles. The summed E-state index contributed by atoms with van der Waals surface area (Å²) in [5, 5.41) is 28.9. The maximum Gasteiger partial charge on any atom is 0.350 e. The summed E-state index contributed by atoms with van der Waals surface area (Å²) in [7, 11) is 3.04. The molecule has 0 amide bonds. The monoisotopic (exact) mass is 544 g/mol. The lowest BCUT2D eigenvalue weighted by molar-refractivity contribution is -0.134. The van der Waals surface area contributed by atoms with Gasteiger partial charge in [-0.3, -0.25) is 15.2 Å². The number of benzene rings is 2. The van der Waals surface area contributed by atoms with Crippen molar-refractivity contribution in [2.24, 2.45) is 5.73 Å². The van der Waals surface area contributed by atoms with Gasteiger partial charge in [-0.2, -0.15) is 5.26 Å². The van der Waals surface area contributed by atoms with Crippen molar-refractivity contribution >= 4 is 11.8 Å². The van der Waals surface area contributed by atoms with Crippen LogP contribution in [0.1, 0.15) is 40.9 Å². The van der Waals surface area contributed by atoms with Crippen LogP contribution in [0.2, 0.25) is 0 Å². The molecule has 0 aliphatic rings. The highest BCUT2D eigenvalue weighted by atomic mass is 16.5. The first-order valence-electron chi connectivity index (χ1n) is 11.9. The highest BCUT2D eigenvalue weighted by molar-refractivity contribution is 5.94. The average Bonchev–Trinajstić information content (AvgIpc) is 3.33. The van der Waals surface area contributed by atoms with E-state index >= 15 is 0 Å². The molecule has 1 atom stereocenters. The standard InChI is InChI=1S/C25H24N8O3.C2H4O2/c1-35-20-14-18(13-17(8-9-26)21(20)36-2)19(12-15-4-6-16(7-5-15)22(27)28)23-31-25(34)33(32-23)24-29-10-3-11-30-24;1-2(3)4/h3-7,10-11,13-14,19H,8,12H2,1-2H3,(H3,27,28)(H,31,32,34);1H3,(H,3,4). The van der Waals surface area contributed by atoms with Crippen LogP contribution in [0.5, 0.6) is 11.5 Å². The summed E-state index contributed by atoms with van der Waals surface area (Å²) in [6, 6.07) is 14.7. The second-order valence-electron chi connectivity index (χ2n) is 8.41. The smallest absolute Gasteiger partial charge is 0.350 e. The number of nitriles is 1. The van der Waals surface area contributed by atoms with Crippen LogP contribution in [0, 0.1) is 16.7 Å². The van der Waals surface area contributed by atoms with Crippen molar-refractivity contribution in [3.05, 3.63) is 93.4 Å². The van der Waals surface area contributed by atoms with Gasteiger partial charge < -0.3 is 20.3 Å². The number of aromatic amines is 1. The molecule has 0 spiro atoms. The Morgan fingerprint density at radius 3 is 2.40 bits per heavy atom. The summed E-state index contributed by atoms with van der Waals surface area (Å²) in [6.07, 6.45) is 3.61. The van der Waals surface area contributed by atoms with Crippen LogP contribution in [0.4, 0.5) is 0 Å². The number of nitrogen functional groups attached to an aromatic ring is 1. The number of carbonyl (C=O) groups is 1. The van der Waals surface area contributed by atoms with Gasteiger partial charge in [0, 0.05) is 36.4 Å². The van der Waals surface area contributed by atoms with Crippen LogP contribution >= 0.6 is 0 Å². The van der Waals surface area contributed by atoms with Crippen molar-refractivity contribution in [2.75, 3.05) is 14.2 Å². The third-order valence-corrected chi connectivity index (χ3v) is 5.66. The molecule has 0 bridgehead atoms. The lowest BCUT2D eigenvalue weighted by atomic mass is 9.89. The SMILES string of the molecule is CC(=O)O.COc1cc(C(Cc2ccc(C(=N)N)cc2)c2nn(-c3ncccn3)c(=O)[nH]2)cc(CC#N)c1OC. The molecular weight excluding hydrogens is 516 g/mol. The predicted octanol–water partition coefficient (Wildman–Crippen LogP) is 2.18. The topological polar surface area (TPSA) is 206 Å². The number of carboxylic acids is 1. The molecule has 206 valence electrons. The summed E-state index contributed by atoms with van der Waals surface area (Å²) in [5.41, 5.74) is 8.06. The lowest BCUT2D eigenvalue weighted by Gasteiger charge is -2.19. The second-order valence-corrected chi connectivity index (χ2v) is 8.41. The van der Waals surface area contributed by atoms with Crippen LogP contribution < -0.4 is 20.9 Å². The van der Waals surface area contributed by atoms with Gasteiger partial charge in [0.15, 0.2) is 11.5 Å². The molecule has 0 saturated carbocycles. The number of aliphatic carboxylic acids is 1. The van der Waals surface area contributed by atoms with E-state index in [2.05, 4.69) is 26.1 Å². The van der Waals surface area contributed by atoms with E-state index in [1.54, 1.807) is 18.2 Å². The van der Waals surface area contributed by atoms with E-state index in [1.807, 2.05) is 24.3 Å². The van der Waals surface area contributed by atoms with E-state index in [4.69, 9.17) is 30.5 Å². The van der Waals surface area contributed by atoms with Crippen molar-refractivity contribution in [3.8, 4) is 23.5 Å². The number of ether oxygens (including phenoxy) is 2. The number of amidine groups is 1. The minimum Gasteiger partial charge on any atom is -0.493 e. The summed E-state index contributed by atoms with van der Waals surface area (Å²) >= 11 is 0. The Balaban J connectivity index is 0.00000103. The molecule has 0 aliphatic heterocycles. The Morgan fingerprint density at radius 1 is 1.20 bits per heavy atom. The number of nitrogens with one attached hydrogen (secondary N) is 2. The first kappa shape index (κ1) is 29.1. The van der Waals surface area contributed by atoms with Crippen molar-refractivity contribution in [1.82, 2.24) is 24.7 Å². The summed E-state index contributed by atoms with van der Waals surface area (Å²) in [6.45, 7) is 1.08.